The van der Waals surface area contributed by atoms with Gasteiger partial charge in [-0.15, -0.1) is 11.3 Å². The highest BCUT2D eigenvalue weighted by Crippen LogP contribution is 2.39. The lowest BCUT2D eigenvalue weighted by molar-refractivity contribution is 0.332. The molecular formula is C17H27BrS. The van der Waals surface area contributed by atoms with E-state index in [1.54, 1.807) is 0 Å². The maximum atomic E-state index is 3.90. The molecule has 1 atom stereocenters. The smallest absolute Gasteiger partial charge is 0.0489 e. The van der Waals surface area contributed by atoms with Crippen LogP contribution in [-0.4, -0.2) is 0 Å². The van der Waals surface area contributed by atoms with Gasteiger partial charge in [-0.1, -0.05) is 68.8 Å². The van der Waals surface area contributed by atoms with Crippen LogP contribution >= 0.6 is 27.3 Å². The van der Waals surface area contributed by atoms with E-state index in [-0.39, 0.29) is 0 Å². The van der Waals surface area contributed by atoms with Gasteiger partial charge in [0.2, 0.25) is 0 Å². The molecule has 108 valence electrons. The Bertz CT molecular complexity index is 382. The fourth-order valence-corrected chi connectivity index (χ4v) is 4.70. The zero-order chi connectivity index (χ0) is 13.9. The Balaban J connectivity index is 1.85. The second kappa shape index (κ2) is 6.76. The Morgan fingerprint density at radius 2 is 1.89 bits per heavy atom. The third kappa shape index (κ3) is 4.60. The summed E-state index contributed by atoms with van der Waals surface area (Å²) in [5, 5.41) is 0. The van der Waals surface area contributed by atoms with Gasteiger partial charge in [-0.25, -0.2) is 0 Å². The normalized spacial score (nSPS) is 19.6. The molecule has 1 saturated carbocycles. The van der Waals surface area contributed by atoms with Crippen molar-refractivity contribution in [1.29, 1.82) is 0 Å². The summed E-state index contributed by atoms with van der Waals surface area (Å²) in [6, 6.07) is 4.64. The fraction of sp³-hybridized carbons (Fsp3) is 0.765. The van der Waals surface area contributed by atoms with E-state index in [9.17, 15) is 0 Å². The molecule has 2 rings (SSSR count). The van der Waals surface area contributed by atoms with Crippen molar-refractivity contribution < 1.29 is 0 Å². The van der Waals surface area contributed by atoms with Gasteiger partial charge in [0.15, 0.2) is 0 Å². The molecule has 0 radical (unpaired) electrons. The van der Waals surface area contributed by atoms with E-state index in [2.05, 4.69) is 48.8 Å². The van der Waals surface area contributed by atoms with E-state index < -0.39 is 0 Å². The molecule has 0 N–H and O–H groups in total. The standard InChI is InChI=1S/C17H27BrS/c1-17(2,3)16-12-11-15(19-16)14(18)10-9-13-7-5-4-6-8-13/h11-14H,4-10H2,1-3H3. The van der Waals surface area contributed by atoms with Gasteiger partial charge >= 0.3 is 0 Å². The van der Waals surface area contributed by atoms with Crippen LogP contribution in [0.5, 0.6) is 0 Å². The van der Waals surface area contributed by atoms with Crippen molar-refractivity contribution in [3.63, 3.8) is 0 Å². The fourth-order valence-electron chi connectivity index (χ4n) is 2.92. The van der Waals surface area contributed by atoms with Crippen molar-refractivity contribution in [2.75, 3.05) is 0 Å². The Hall–Kier alpha value is 0.180. The number of hydrogen-bond donors (Lipinski definition) is 0. The first kappa shape index (κ1) is 15.6. The number of rotatable bonds is 4. The molecule has 2 heteroatoms. The third-order valence-corrected chi connectivity index (χ3v) is 7.11. The van der Waals surface area contributed by atoms with Crippen LogP contribution in [0.25, 0.3) is 0 Å². The lowest BCUT2D eigenvalue weighted by Gasteiger charge is -2.22. The number of alkyl halides is 1. The monoisotopic (exact) mass is 342 g/mol. The molecule has 1 unspecified atom stereocenters. The van der Waals surface area contributed by atoms with Gasteiger partial charge in [0.25, 0.3) is 0 Å². The predicted molar refractivity (Wildman–Crippen MR) is 90.5 cm³/mol. The van der Waals surface area contributed by atoms with Crippen LogP contribution in [0, 0.1) is 5.92 Å². The van der Waals surface area contributed by atoms with E-state index >= 15 is 0 Å². The van der Waals surface area contributed by atoms with E-state index in [0.29, 0.717) is 10.2 Å². The first-order chi connectivity index (χ1) is 8.97. The number of hydrogen-bond acceptors (Lipinski definition) is 1. The maximum Gasteiger partial charge on any atom is 0.0489 e. The molecule has 0 bridgehead atoms. The zero-order valence-corrected chi connectivity index (χ0v) is 14.9. The van der Waals surface area contributed by atoms with Gasteiger partial charge in [0.1, 0.15) is 0 Å². The summed E-state index contributed by atoms with van der Waals surface area (Å²) in [5.41, 5.74) is 0.291. The summed E-state index contributed by atoms with van der Waals surface area (Å²) in [5.74, 6) is 0.996. The second-order valence-electron chi connectivity index (χ2n) is 7.00. The summed E-state index contributed by atoms with van der Waals surface area (Å²) in [4.78, 5) is 3.58. The van der Waals surface area contributed by atoms with E-state index in [4.69, 9.17) is 0 Å². The molecule has 1 aromatic rings. The van der Waals surface area contributed by atoms with Crippen molar-refractivity contribution in [3.05, 3.63) is 21.9 Å². The minimum absolute atomic E-state index is 0.291. The van der Waals surface area contributed by atoms with Gasteiger partial charge in [-0.05, 0) is 36.3 Å². The van der Waals surface area contributed by atoms with Crippen LogP contribution in [-0.2, 0) is 5.41 Å². The summed E-state index contributed by atoms with van der Waals surface area (Å²) >= 11 is 5.89. The summed E-state index contributed by atoms with van der Waals surface area (Å²) in [7, 11) is 0. The minimum Gasteiger partial charge on any atom is -0.144 e. The second-order valence-corrected chi connectivity index (χ2v) is 9.22. The molecule has 19 heavy (non-hydrogen) atoms. The molecule has 1 heterocycles. The van der Waals surface area contributed by atoms with Crippen LogP contribution in [0.2, 0.25) is 0 Å². The van der Waals surface area contributed by atoms with Crippen molar-refractivity contribution in [3.8, 4) is 0 Å². The van der Waals surface area contributed by atoms with E-state index in [1.807, 2.05) is 11.3 Å². The van der Waals surface area contributed by atoms with Crippen LogP contribution in [0.3, 0.4) is 0 Å². The lowest BCUT2D eigenvalue weighted by Crippen LogP contribution is -2.08. The third-order valence-electron chi connectivity index (χ3n) is 4.23. The van der Waals surface area contributed by atoms with Crippen LogP contribution in [0.1, 0.15) is 80.3 Å². The summed E-state index contributed by atoms with van der Waals surface area (Å²) in [6.45, 7) is 6.90. The highest BCUT2D eigenvalue weighted by molar-refractivity contribution is 9.09. The topological polar surface area (TPSA) is 0 Å². The largest absolute Gasteiger partial charge is 0.144 e. The van der Waals surface area contributed by atoms with E-state index in [0.717, 1.165) is 5.92 Å². The van der Waals surface area contributed by atoms with Gasteiger partial charge in [-0.3, -0.25) is 0 Å². The highest BCUT2D eigenvalue weighted by Gasteiger charge is 2.20. The molecular weight excluding hydrogens is 316 g/mol. The highest BCUT2D eigenvalue weighted by atomic mass is 79.9. The first-order valence-corrected chi connectivity index (χ1v) is 9.44. The molecule has 1 fully saturated rings. The first-order valence-electron chi connectivity index (χ1n) is 7.71. The van der Waals surface area contributed by atoms with Gasteiger partial charge in [0, 0.05) is 14.6 Å². The SMILES string of the molecule is CC(C)(C)c1ccc(C(Br)CCC2CCCCC2)s1. The van der Waals surface area contributed by atoms with E-state index in [1.165, 1.54) is 54.7 Å². The summed E-state index contributed by atoms with van der Waals surface area (Å²) in [6.07, 6.45) is 10.0. The van der Waals surface area contributed by atoms with Crippen LogP contribution in [0.4, 0.5) is 0 Å². The Morgan fingerprint density at radius 1 is 1.21 bits per heavy atom. The number of halogens is 1. The quantitative estimate of drug-likeness (QED) is 0.525. The van der Waals surface area contributed by atoms with Crippen molar-refractivity contribution >= 4 is 27.3 Å². The molecule has 0 amide bonds. The van der Waals surface area contributed by atoms with Crippen molar-refractivity contribution in [1.82, 2.24) is 0 Å². The Labute approximate surface area is 131 Å². The average molecular weight is 343 g/mol. The van der Waals surface area contributed by atoms with Crippen molar-refractivity contribution in [2.24, 2.45) is 5.92 Å². The van der Waals surface area contributed by atoms with Gasteiger partial charge < -0.3 is 0 Å². The summed E-state index contributed by atoms with van der Waals surface area (Å²) < 4.78 is 0. The average Bonchev–Trinajstić information content (AvgIpc) is 2.87. The molecule has 0 aliphatic heterocycles. The van der Waals surface area contributed by atoms with Crippen LogP contribution in [0.15, 0.2) is 12.1 Å². The predicted octanol–water partition coefficient (Wildman–Crippen LogP) is 6.84. The Kier molecular flexibility index (Phi) is 5.54. The zero-order valence-electron chi connectivity index (χ0n) is 12.5. The van der Waals surface area contributed by atoms with Gasteiger partial charge in [0.05, 0.1) is 0 Å². The molecule has 1 aliphatic rings. The molecule has 0 spiro atoms. The lowest BCUT2D eigenvalue weighted by atomic mass is 9.86. The molecule has 0 nitrogen and oxygen atoms in total. The Morgan fingerprint density at radius 3 is 2.47 bits per heavy atom. The molecule has 1 aliphatic carbocycles. The molecule has 0 saturated heterocycles. The molecule has 1 aromatic heterocycles. The molecule has 0 aromatic carbocycles. The minimum atomic E-state index is 0.291. The van der Waals surface area contributed by atoms with Crippen LogP contribution < -0.4 is 0 Å². The van der Waals surface area contributed by atoms with Crippen molar-refractivity contribution in [2.45, 2.75) is 76.0 Å². The maximum absolute atomic E-state index is 3.90. The number of thiophene rings is 1. The van der Waals surface area contributed by atoms with Gasteiger partial charge in [-0.2, -0.15) is 0 Å².